The fourth-order valence-corrected chi connectivity index (χ4v) is 5.53. The van der Waals surface area contributed by atoms with Gasteiger partial charge in [0.15, 0.2) is 0 Å². The van der Waals surface area contributed by atoms with Crippen LogP contribution in [0, 0.1) is 32.6 Å². The number of fused-ring (bicyclic) bond motifs is 4. The molecule has 0 N–H and O–H groups in total. The number of anilines is 3. The Labute approximate surface area is 272 Å². The second-order valence-electron chi connectivity index (χ2n) is 11.9. The average molecular weight is 748 g/mol. The zero-order chi connectivity index (χ0) is 31.7. The third-order valence-electron chi connectivity index (χ3n) is 7.94. The Hall–Kier alpha value is -4.08. The van der Waals surface area contributed by atoms with Gasteiger partial charge in [0.05, 0.1) is 5.52 Å². The number of rotatable bonds is 4. The minimum Gasteiger partial charge on any atom is -0.509 e. The quantitative estimate of drug-likeness (QED) is 0.169. The molecule has 6 heteroatoms. The van der Waals surface area contributed by atoms with Crippen molar-refractivity contribution in [3.63, 3.8) is 0 Å². The summed E-state index contributed by atoms with van der Waals surface area (Å²) in [5.41, 5.74) is 7.74. The van der Waals surface area contributed by atoms with Crippen LogP contribution in [0.5, 0.6) is 11.5 Å². The molecule has 5 nitrogen and oxygen atoms in total. The van der Waals surface area contributed by atoms with Gasteiger partial charge in [-0.2, -0.15) is 12.7 Å². The second kappa shape index (κ2) is 10.9. The van der Waals surface area contributed by atoms with Crippen molar-refractivity contribution in [2.45, 2.75) is 40.0 Å². The van der Waals surface area contributed by atoms with E-state index in [1.807, 2.05) is 73.3 Å². The molecular formula is C37H33N4OPt-3. The Balaban J connectivity index is 0.00000372. The van der Waals surface area contributed by atoms with Gasteiger partial charge in [-0.05, 0) is 67.7 Å². The molecule has 0 saturated heterocycles. The number of hydrogen-bond acceptors (Lipinski definition) is 4. The summed E-state index contributed by atoms with van der Waals surface area (Å²) in [7, 11) is 0. The summed E-state index contributed by atoms with van der Waals surface area (Å²) in [4.78, 5) is 7.94. The van der Waals surface area contributed by atoms with Crippen molar-refractivity contribution in [3.05, 3.63) is 121 Å². The van der Waals surface area contributed by atoms with Crippen LogP contribution in [0.2, 0.25) is 0 Å². The molecule has 0 atom stereocenters. The molecule has 1 aliphatic rings. The predicted octanol–water partition coefficient (Wildman–Crippen LogP) is 9.19. The molecule has 1 aliphatic heterocycles. The molecule has 0 aliphatic carbocycles. The van der Waals surface area contributed by atoms with Crippen LogP contribution in [0.1, 0.15) is 41.6 Å². The number of hydrogen-bond donors (Lipinski definition) is 0. The normalized spacial score (nSPS) is 14.3. The van der Waals surface area contributed by atoms with Crippen LogP contribution in [-0.4, -0.2) is 16.5 Å². The minimum absolute atomic E-state index is 0. The number of nitrogens with zero attached hydrogens (tertiary/aromatic N) is 4. The maximum absolute atomic E-state index is 8.20. The zero-order valence-corrected chi connectivity index (χ0v) is 26.9. The summed E-state index contributed by atoms with van der Waals surface area (Å²) >= 11 is 0. The van der Waals surface area contributed by atoms with Crippen LogP contribution in [0.4, 0.5) is 17.1 Å². The van der Waals surface area contributed by atoms with Crippen molar-refractivity contribution in [1.29, 1.82) is 0 Å². The van der Waals surface area contributed by atoms with Gasteiger partial charge in [-0.15, -0.1) is 47.6 Å². The third kappa shape index (κ3) is 5.10. The molecule has 0 saturated carbocycles. The number of aromatic nitrogens is 2. The molecule has 2 aromatic heterocycles. The van der Waals surface area contributed by atoms with Crippen LogP contribution in [0.3, 0.4) is 0 Å². The van der Waals surface area contributed by atoms with E-state index in [2.05, 4.69) is 61.7 Å². The molecule has 4 aromatic carbocycles. The fraction of sp³-hybridized carbons (Fsp3) is 0.189. The summed E-state index contributed by atoms with van der Waals surface area (Å²) in [6.45, 7) is 9.74. The molecule has 7 rings (SSSR count). The first-order valence-corrected chi connectivity index (χ1v) is 14.1. The van der Waals surface area contributed by atoms with E-state index in [0.717, 1.165) is 50.0 Å². The van der Waals surface area contributed by atoms with E-state index in [9.17, 15) is 0 Å². The van der Waals surface area contributed by atoms with Gasteiger partial charge < -0.3 is 19.1 Å². The molecule has 43 heavy (non-hydrogen) atoms. The SMILES string of the molecule is [2H]C([2H])([2H])N1[CH-]N(c2[c-]c(Oc3[c-]c(-n4c5ccccc5c5cccnc54)ccc3)cc(C(C)(C)C)c2)c2cc(C)c(C)cc21.[Pt]. The fourth-order valence-electron chi connectivity index (χ4n) is 5.53. The Morgan fingerprint density at radius 3 is 2.35 bits per heavy atom. The zero-order valence-electron chi connectivity index (χ0n) is 27.7. The van der Waals surface area contributed by atoms with E-state index >= 15 is 0 Å². The van der Waals surface area contributed by atoms with Crippen molar-refractivity contribution in [3.8, 4) is 17.2 Å². The second-order valence-corrected chi connectivity index (χ2v) is 11.9. The van der Waals surface area contributed by atoms with Crippen molar-refractivity contribution in [1.82, 2.24) is 9.55 Å². The van der Waals surface area contributed by atoms with Gasteiger partial charge in [-0.3, -0.25) is 0 Å². The minimum atomic E-state index is -2.34. The summed E-state index contributed by atoms with van der Waals surface area (Å²) in [5.74, 6) is 1.04. The third-order valence-corrected chi connectivity index (χ3v) is 7.94. The monoisotopic (exact) mass is 747 g/mol. The smallest absolute Gasteiger partial charge is 0.143 e. The van der Waals surface area contributed by atoms with Crippen LogP contribution >= 0.6 is 0 Å². The van der Waals surface area contributed by atoms with Gasteiger partial charge in [0.2, 0.25) is 0 Å². The Morgan fingerprint density at radius 2 is 1.56 bits per heavy atom. The molecule has 0 spiro atoms. The van der Waals surface area contributed by atoms with Crippen molar-refractivity contribution in [2.24, 2.45) is 0 Å². The first-order valence-electron chi connectivity index (χ1n) is 15.6. The molecule has 0 radical (unpaired) electrons. The Morgan fingerprint density at radius 1 is 0.814 bits per heavy atom. The van der Waals surface area contributed by atoms with Crippen LogP contribution in [-0.2, 0) is 26.5 Å². The summed E-state index contributed by atoms with van der Waals surface area (Å²) in [6.07, 6.45) is 1.80. The average Bonchev–Trinajstić information content (AvgIpc) is 3.53. The van der Waals surface area contributed by atoms with Gasteiger partial charge in [0, 0.05) is 65.0 Å². The first kappa shape index (κ1) is 25.4. The van der Waals surface area contributed by atoms with E-state index < -0.39 is 6.98 Å². The molecule has 6 aromatic rings. The van der Waals surface area contributed by atoms with E-state index in [1.165, 1.54) is 4.90 Å². The van der Waals surface area contributed by atoms with Crippen molar-refractivity contribution < 1.29 is 29.9 Å². The van der Waals surface area contributed by atoms with Crippen LogP contribution in [0.25, 0.3) is 27.6 Å². The van der Waals surface area contributed by atoms with Crippen LogP contribution < -0.4 is 14.5 Å². The van der Waals surface area contributed by atoms with Crippen LogP contribution in [0.15, 0.2) is 85.1 Å². The van der Waals surface area contributed by atoms with E-state index in [-0.39, 0.29) is 26.5 Å². The number of para-hydroxylation sites is 1. The standard InChI is InChI=1S/C37H33N4O.Pt/c1-24-17-34-35(18-25(24)2)40(23-39(34)6)28-19-26(37(3,4)5)20-30(22-28)42-29-12-9-11-27(21-29)41-33-15-8-7-13-31(33)32-14-10-16-38-36(32)41;/h7-20,23H,1-6H3;/q-3;/i6D3;. The maximum atomic E-state index is 8.20. The predicted molar refractivity (Wildman–Crippen MR) is 172 cm³/mol. The van der Waals surface area contributed by atoms with Gasteiger partial charge >= 0.3 is 0 Å². The van der Waals surface area contributed by atoms with Crippen molar-refractivity contribution >= 4 is 39.0 Å². The molecule has 0 fully saturated rings. The van der Waals surface area contributed by atoms with Crippen molar-refractivity contribution in [2.75, 3.05) is 16.8 Å². The molecule has 220 valence electrons. The summed E-state index contributed by atoms with van der Waals surface area (Å²) in [6, 6.07) is 33.0. The summed E-state index contributed by atoms with van der Waals surface area (Å²) < 4.78 is 33.2. The number of ether oxygens (including phenoxy) is 1. The molecule has 0 unspecified atom stereocenters. The summed E-state index contributed by atoms with van der Waals surface area (Å²) in [5, 5.41) is 2.19. The number of benzene rings is 4. The Kier molecular flexibility index (Phi) is 6.43. The number of pyridine rings is 1. The van der Waals surface area contributed by atoms with E-state index in [0.29, 0.717) is 22.9 Å². The molecule has 0 amide bonds. The van der Waals surface area contributed by atoms with Gasteiger partial charge in [-0.25, -0.2) is 4.98 Å². The van der Waals surface area contributed by atoms with E-state index in [4.69, 9.17) is 13.8 Å². The van der Waals surface area contributed by atoms with Gasteiger partial charge in [-0.1, -0.05) is 44.7 Å². The molecule has 0 bridgehead atoms. The maximum Gasteiger partial charge on any atom is 0.143 e. The van der Waals surface area contributed by atoms with Gasteiger partial charge in [0.25, 0.3) is 0 Å². The Bertz CT molecular complexity index is 2040. The van der Waals surface area contributed by atoms with Gasteiger partial charge in [0.1, 0.15) is 5.65 Å². The largest absolute Gasteiger partial charge is 0.509 e. The van der Waals surface area contributed by atoms with E-state index in [1.54, 1.807) is 12.9 Å². The molecule has 3 heterocycles. The first-order chi connectivity index (χ1) is 21.4. The topological polar surface area (TPSA) is 33.5 Å². The molecular weight excluding hydrogens is 712 g/mol. The number of aryl methyl sites for hydroxylation is 2.